The van der Waals surface area contributed by atoms with Crippen molar-refractivity contribution >= 4 is 6.29 Å². The highest BCUT2D eigenvalue weighted by Crippen LogP contribution is 2.17. The number of hydrogen-bond donors (Lipinski definition) is 0. The number of aldehydes is 1. The first-order valence-corrected chi connectivity index (χ1v) is 5.21. The minimum Gasteiger partial charge on any atom is -0.296 e. The first-order valence-electron chi connectivity index (χ1n) is 5.21. The van der Waals surface area contributed by atoms with Crippen molar-refractivity contribution in [1.82, 2.24) is 9.78 Å². The molecule has 0 spiro atoms. The molecule has 0 amide bonds. The Balaban J connectivity index is 2.61. The second-order valence-electron chi connectivity index (χ2n) is 4.03. The van der Waals surface area contributed by atoms with E-state index in [1.165, 1.54) is 5.56 Å². The number of nitrogens with zero attached hydrogens (tertiary/aromatic N) is 2. The van der Waals surface area contributed by atoms with Crippen LogP contribution in [0.1, 0.15) is 27.3 Å². The highest BCUT2D eigenvalue weighted by molar-refractivity contribution is 5.72. The van der Waals surface area contributed by atoms with Crippen molar-refractivity contribution in [1.29, 1.82) is 0 Å². The fourth-order valence-corrected chi connectivity index (χ4v) is 1.75. The molecular formula is C13H14N2O. The Hall–Kier alpha value is -1.90. The molecule has 2 aromatic rings. The largest absolute Gasteiger partial charge is 0.296 e. The van der Waals surface area contributed by atoms with E-state index >= 15 is 0 Å². The second kappa shape index (κ2) is 3.93. The second-order valence-corrected chi connectivity index (χ2v) is 4.03. The van der Waals surface area contributed by atoms with Gasteiger partial charge in [0.15, 0.2) is 6.29 Å². The summed E-state index contributed by atoms with van der Waals surface area (Å²) in [4.78, 5) is 10.7. The standard InChI is InChI=1S/C13H14N2O/c1-9-4-5-10(2)13(6-9)15-11(3)7-12(8-16)14-15/h4-8H,1-3H3. The van der Waals surface area contributed by atoms with Gasteiger partial charge in [-0.15, -0.1) is 0 Å². The van der Waals surface area contributed by atoms with Gasteiger partial charge in [-0.1, -0.05) is 12.1 Å². The summed E-state index contributed by atoms with van der Waals surface area (Å²) in [6.07, 6.45) is 0.772. The van der Waals surface area contributed by atoms with Gasteiger partial charge < -0.3 is 0 Å². The maximum atomic E-state index is 10.7. The summed E-state index contributed by atoms with van der Waals surface area (Å²) in [7, 11) is 0. The van der Waals surface area contributed by atoms with Crippen LogP contribution in [0.2, 0.25) is 0 Å². The Bertz CT molecular complexity index is 541. The van der Waals surface area contributed by atoms with Gasteiger partial charge >= 0.3 is 0 Å². The Morgan fingerprint density at radius 2 is 1.94 bits per heavy atom. The molecular weight excluding hydrogens is 200 g/mol. The van der Waals surface area contributed by atoms with E-state index in [1.807, 2.05) is 25.5 Å². The zero-order valence-corrected chi connectivity index (χ0v) is 9.69. The number of carbonyl (C=O) groups excluding carboxylic acids is 1. The third-order valence-corrected chi connectivity index (χ3v) is 2.62. The molecule has 0 aliphatic rings. The number of rotatable bonds is 2. The average Bonchev–Trinajstić information content (AvgIpc) is 2.63. The smallest absolute Gasteiger partial charge is 0.170 e. The van der Waals surface area contributed by atoms with Gasteiger partial charge in [-0.2, -0.15) is 5.10 Å². The summed E-state index contributed by atoms with van der Waals surface area (Å²) in [6.45, 7) is 6.03. The van der Waals surface area contributed by atoms with Crippen molar-refractivity contribution in [3.05, 3.63) is 46.8 Å². The Morgan fingerprint density at radius 3 is 2.56 bits per heavy atom. The van der Waals surface area contributed by atoms with E-state index in [0.717, 1.165) is 23.2 Å². The normalized spacial score (nSPS) is 10.4. The zero-order valence-electron chi connectivity index (χ0n) is 9.69. The molecule has 0 saturated carbocycles. The van der Waals surface area contributed by atoms with Crippen LogP contribution in [0.15, 0.2) is 24.3 Å². The molecule has 3 heteroatoms. The molecule has 0 N–H and O–H groups in total. The summed E-state index contributed by atoms with van der Waals surface area (Å²) < 4.78 is 1.81. The lowest BCUT2D eigenvalue weighted by Crippen LogP contribution is -2.02. The van der Waals surface area contributed by atoms with E-state index in [1.54, 1.807) is 6.07 Å². The van der Waals surface area contributed by atoms with Crippen LogP contribution in [0.25, 0.3) is 5.69 Å². The van der Waals surface area contributed by atoms with Crippen molar-refractivity contribution in [2.24, 2.45) is 0 Å². The molecule has 0 fully saturated rings. The molecule has 16 heavy (non-hydrogen) atoms. The molecule has 0 radical (unpaired) electrons. The SMILES string of the molecule is Cc1ccc(C)c(-n2nc(C=O)cc2C)c1. The Kier molecular flexibility index (Phi) is 2.60. The number of hydrogen-bond acceptors (Lipinski definition) is 2. The molecule has 0 atom stereocenters. The maximum absolute atomic E-state index is 10.7. The molecule has 0 aliphatic carbocycles. The van der Waals surface area contributed by atoms with Crippen molar-refractivity contribution in [3.8, 4) is 5.69 Å². The lowest BCUT2D eigenvalue weighted by molar-refractivity contribution is 0.111. The van der Waals surface area contributed by atoms with Gasteiger partial charge in [-0.25, -0.2) is 4.68 Å². The summed E-state index contributed by atoms with van der Waals surface area (Å²) in [5, 5.41) is 4.25. The van der Waals surface area contributed by atoms with Crippen LogP contribution >= 0.6 is 0 Å². The Morgan fingerprint density at radius 1 is 1.19 bits per heavy atom. The molecule has 82 valence electrons. The van der Waals surface area contributed by atoms with Crippen LogP contribution in [-0.2, 0) is 0 Å². The summed E-state index contributed by atoms with van der Waals surface area (Å²) in [5.74, 6) is 0. The van der Waals surface area contributed by atoms with Gasteiger partial charge in [0.1, 0.15) is 5.69 Å². The summed E-state index contributed by atoms with van der Waals surface area (Å²) in [5.41, 5.74) is 4.80. The molecule has 3 nitrogen and oxygen atoms in total. The van der Waals surface area contributed by atoms with Gasteiger partial charge in [0.2, 0.25) is 0 Å². The van der Waals surface area contributed by atoms with Gasteiger partial charge in [0.05, 0.1) is 5.69 Å². The first kappa shape index (κ1) is 10.6. The molecule has 1 aromatic carbocycles. The molecule has 2 rings (SSSR count). The summed E-state index contributed by atoms with van der Waals surface area (Å²) >= 11 is 0. The van der Waals surface area contributed by atoms with E-state index in [-0.39, 0.29) is 0 Å². The number of aromatic nitrogens is 2. The minimum atomic E-state index is 0.471. The maximum Gasteiger partial charge on any atom is 0.170 e. The van der Waals surface area contributed by atoms with Crippen LogP contribution in [-0.4, -0.2) is 16.1 Å². The van der Waals surface area contributed by atoms with Gasteiger partial charge in [0.25, 0.3) is 0 Å². The number of aryl methyl sites for hydroxylation is 3. The molecule has 0 saturated heterocycles. The van der Waals surface area contributed by atoms with Gasteiger partial charge in [-0.05, 0) is 44.0 Å². The Labute approximate surface area is 94.7 Å². The van der Waals surface area contributed by atoms with Crippen molar-refractivity contribution < 1.29 is 4.79 Å². The third-order valence-electron chi connectivity index (χ3n) is 2.62. The minimum absolute atomic E-state index is 0.471. The van der Waals surface area contributed by atoms with E-state index in [2.05, 4.69) is 23.3 Å². The van der Waals surface area contributed by atoms with Gasteiger partial charge in [0, 0.05) is 5.69 Å². The van der Waals surface area contributed by atoms with E-state index in [9.17, 15) is 4.79 Å². The molecule has 1 aromatic heterocycles. The third kappa shape index (κ3) is 1.76. The zero-order chi connectivity index (χ0) is 11.7. The monoisotopic (exact) mass is 214 g/mol. The van der Waals surface area contributed by atoms with Crippen LogP contribution in [0.3, 0.4) is 0 Å². The average molecular weight is 214 g/mol. The number of benzene rings is 1. The predicted molar refractivity (Wildman–Crippen MR) is 63.2 cm³/mol. The first-order chi connectivity index (χ1) is 7.61. The van der Waals surface area contributed by atoms with Crippen molar-refractivity contribution in [2.45, 2.75) is 20.8 Å². The summed E-state index contributed by atoms with van der Waals surface area (Å²) in [6, 6.07) is 7.99. The predicted octanol–water partition coefficient (Wildman–Crippen LogP) is 2.61. The lowest BCUT2D eigenvalue weighted by atomic mass is 10.1. The fourth-order valence-electron chi connectivity index (χ4n) is 1.75. The van der Waals surface area contributed by atoms with Crippen molar-refractivity contribution in [2.75, 3.05) is 0 Å². The number of carbonyl (C=O) groups is 1. The van der Waals surface area contributed by atoms with E-state index in [0.29, 0.717) is 5.69 Å². The van der Waals surface area contributed by atoms with Crippen molar-refractivity contribution in [3.63, 3.8) is 0 Å². The molecule has 0 bridgehead atoms. The quantitative estimate of drug-likeness (QED) is 0.720. The van der Waals surface area contributed by atoms with E-state index < -0.39 is 0 Å². The molecule has 1 heterocycles. The van der Waals surface area contributed by atoms with E-state index in [4.69, 9.17) is 0 Å². The lowest BCUT2D eigenvalue weighted by Gasteiger charge is -2.08. The highest BCUT2D eigenvalue weighted by atomic mass is 16.1. The molecule has 0 unspecified atom stereocenters. The van der Waals surface area contributed by atoms with Crippen LogP contribution in [0.5, 0.6) is 0 Å². The fraction of sp³-hybridized carbons (Fsp3) is 0.231. The van der Waals surface area contributed by atoms with Gasteiger partial charge in [-0.3, -0.25) is 4.79 Å². The topological polar surface area (TPSA) is 34.9 Å². The molecule has 0 aliphatic heterocycles. The van der Waals surface area contributed by atoms with Crippen LogP contribution in [0, 0.1) is 20.8 Å². The van der Waals surface area contributed by atoms with Crippen LogP contribution in [0.4, 0.5) is 0 Å². The highest BCUT2D eigenvalue weighted by Gasteiger charge is 2.07. The van der Waals surface area contributed by atoms with Crippen LogP contribution < -0.4 is 0 Å².